The number of ketones is 2. The number of fused-ring (bicyclic) bond motifs is 1. The van der Waals surface area contributed by atoms with Crippen LogP contribution < -0.4 is 5.56 Å². The average Bonchev–Trinajstić information content (AvgIpc) is 3.47. The van der Waals surface area contributed by atoms with Crippen LogP contribution in [0.4, 0.5) is 0 Å². The number of benzene rings is 2. The maximum absolute atomic E-state index is 12.4. The van der Waals surface area contributed by atoms with E-state index in [2.05, 4.69) is 52.3 Å². The number of hydrogen-bond donors (Lipinski definition) is 1. The zero-order chi connectivity index (χ0) is 36.6. The highest BCUT2D eigenvalue weighted by molar-refractivity contribution is 15.0. The Bertz CT molecular complexity index is 1540. The summed E-state index contributed by atoms with van der Waals surface area (Å²) in [5, 5.41) is 20.4. The minimum atomic E-state index is -0.587. The summed E-state index contributed by atoms with van der Waals surface area (Å²) in [5.41, 5.74) is 4.98. The molecular formula is C34H56I2N6O7. The second-order valence-electron chi connectivity index (χ2n) is 8.61. The summed E-state index contributed by atoms with van der Waals surface area (Å²) in [5.74, 6) is -0.371. The second-order valence-corrected chi connectivity index (χ2v) is 8.61. The van der Waals surface area contributed by atoms with Gasteiger partial charge in [-0.15, -0.1) is 0 Å². The number of nitrogens with one attached hydrogen (secondary N) is 1. The Balaban J connectivity index is -0.000000134. The number of nitrogens with zero attached hydrogens (tertiary/aromatic N) is 5. The van der Waals surface area contributed by atoms with Crippen molar-refractivity contribution in [3.05, 3.63) is 108 Å². The fourth-order valence-electron chi connectivity index (χ4n) is 3.76. The van der Waals surface area contributed by atoms with Crippen LogP contribution in [0.2, 0.25) is 0 Å². The molecule has 0 atom stereocenters. The van der Waals surface area contributed by atoms with Crippen LogP contribution in [-0.4, -0.2) is 55.1 Å². The van der Waals surface area contributed by atoms with Crippen molar-refractivity contribution in [2.24, 2.45) is 0 Å². The molecule has 0 bridgehead atoms. The SMILES string of the molecule is C.C.C.CC.CC.CC(=O)C(C(C)=O)c1ccccc1C.C[N+](=O)[O-].C[N+](=O)[O-].Cc1ccccc1-c1c(C)nc2nc[nH]n2c1=O.II. The van der Waals surface area contributed by atoms with Crippen molar-refractivity contribution in [2.45, 2.75) is 90.5 Å². The van der Waals surface area contributed by atoms with Gasteiger partial charge in [0.2, 0.25) is 0 Å². The van der Waals surface area contributed by atoms with E-state index in [9.17, 15) is 14.4 Å². The summed E-state index contributed by atoms with van der Waals surface area (Å²) in [6.45, 7) is 16.6. The van der Waals surface area contributed by atoms with E-state index in [4.69, 9.17) is 20.2 Å². The molecule has 0 saturated heterocycles. The number of aromatic amines is 1. The van der Waals surface area contributed by atoms with E-state index in [0.717, 1.165) is 36.3 Å². The molecule has 0 amide bonds. The van der Waals surface area contributed by atoms with Crippen LogP contribution in [0, 0.1) is 41.0 Å². The van der Waals surface area contributed by atoms with E-state index in [1.807, 2.05) is 97.0 Å². The Morgan fingerprint density at radius 3 is 1.57 bits per heavy atom. The monoisotopic (exact) mass is 914 g/mol. The molecule has 49 heavy (non-hydrogen) atoms. The molecule has 278 valence electrons. The fourth-order valence-corrected chi connectivity index (χ4v) is 3.76. The highest BCUT2D eigenvalue weighted by Crippen LogP contribution is 2.22. The summed E-state index contributed by atoms with van der Waals surface area (Å²) in [4.78, 5) is 60.0. The summed E-state index contributed by atoms with van der Waals surface area (Å²) in [6.07, 6.45) is 1.46. The maximum Gasteiger partial charge on any atom is 0.282 e. The van der Waals surface area contributed by atoms with Gasteiger partial charge in [0, 0.05) is 47.1 Å². The Labute approximate surface area is 315 Å². The molecule has 2 aromatic heterocycles. The van der Waals surface area contributed by atoms with Gasteiger partial charge in [-0.3, -0.25) is 39.7 Å². The fraction of sp³-hybridized carbons (Fsp3) is 0.441. The number of nitro groups is 2. The molecule has 0 aliphatic heterocycles. The van der Waals surface area contributed by atoms with Crippen molar-refractivity contribution in [1.29, 1.82) is 0 Å². The molecule has 13 nitrogen and oxygen atoms in total. The number of halogens is 2. The minimum Gasteiger partial charge on any atom is -0.299 e. The highest BCUT2D eigenvalue weighted by Gasteiger charge is 2.22. The van der Waals surface area contributed by atoms with Gasteiger partial charge in [-0.05, 0) is 56.9 Å². The molecule has 15 heteroatoms. The third-order valence-corrected chi connectivity index (χ3v) is 5.34. The van der Waals surface area contributed by atoms with Crippen molar-refractivity contribution in [3.8, 4) is 11.1 Å². The predicted molar refractivity (Wildman–Crippen MR) is 221 cm³/mol. The zero-order valence-corrected chi connectivity index (χ0v) is 32.4. The Hall–Kier alpha value is -3.61. The number of aromatic nitrogens is 4. The van der Waals surface area contributed by atoms with Gasteiger partial charge in [0.1, 0.15) is 23.8 Å². The number of aryl methyl sites for hydroxylation is 3. The Morgan fingerprint density at radius 1 is 0.796 bits per heavy atom. The highest BCUT2D eigenvalue weighted by atomic mass is 128. The molecule has 0 radical (unpaired) electrons. The van der Waals surface area contributed by atoms with Gasteiger partial charge in [0.05, 0.1) is 11.3 Å². The number of carbonyl (C=O) groups excluding carboxylic acids is 2. The van der Waals surface area contributed by atoms with Crippen molar-refractivity contribution >= 4 is 54.6 Å². The first-order valence-corrected chi connectivity index (χ1v) is 20.3. The van der Waals surface area contributed by atoms with Gasteiger partial charge in [0.25, 0.3) is 11.3 Å². The molecule has 0 spiro atoms. The first kappa shape index (κ1) is 57.6. The van der Waals surface area contributed by atoms with Crippen molar-refractivity contribution in [2.75, 3.05) is 14.1 Å². The molecule has 0 aliphatic carbocycles. The van der Waals surface area contributed by atoms with Crippen molar-refractivity contribution in [1.82, 2.24) is 19.6 Å². The molecule has 1 N–H and O–H groups in total. The van der Waals surface area contributed by atoms with E-state index in [1.54, 1.807) is 0 Å². The lowest BCUT2D eigenvalue weighted by atomic mass is 9.89. The number of carbonyl (C=O) groups is 2. The number of rotatable bonds is 4. The van der Waals surface area contributed by atoms with Gasteiger partial charge < -0.3 is 0 Å². The molecule has 2 heterocycles. The minimum absolute atomic E-state index is 0. The number of hydrogen-bond acceptors (Lipinski definition) is 9. The second kappa shape index (κ2) is 32.9. The smallest absolute Gasteiger partial charge is 0.282 e. The summed E-state index contributed by atoms with van der Waals surface area (Å²) < 4.78 is 1.36. The van der Waals surface area contributed by atoms with E-state index < -0.39 is 15.8 Å². The molecule has 0 unspecified atom stereocenters. The lowest BCUT2D eigenvalue weighted by Gasteiger charge is -2.12. The third-order valence-electron chi connectivity index (χ3n) is 5.34. The Morgan fingerprint density at radius 2 is 1.18 bits per heavy atom. The molecule has 0 fully saturated rings. The molecule has 0 aliphatic rings. The molecule has 4 aromatic rings. The van der Waals surface area contributed by atoms with Gasteiger partial charge >= 0.3 is 0 Å². The van der Waals surface area contributed by atoms with Crippen molar-refractivity contribution < 1.29 is 19.4 Å². The molecule has 0 saturated carbocycles. The van der Waals surface area contributed by atoms with Crippen LogP contribution in [0.15, 0.2) is 59.7 Å². The molecule has 4 rings (SSSR count). The van der Waals surface area contributed by atoms with E-state index in [1.165, 1.54) is 24.7 Å². The van der Waals surface area contributed by atoms with Crippen molar-refractivity contribution in [3.63, 3.8) is 0 Å². The van der Waals surface area contributed by atoms with Gasteiger partial charge in [-0.1, -0.05) is 98.5 Å². The molecule has 2 aromatic carbocycles. The quantitative estimate of drug-likeness (QED) is 0.0902. The van der Waals surface area contributed by atoms with E-state index in [-0.39, 0.29) is 39.4 Å². The summed E-state index contributed by atoms with van der Waals surface area (Å²) in [6, 6.07) is 15.3. The number of Topliss-reactive ketones (excluding diaryl/α,β-unsaturated/α-hetero) is 2. The van der Waals surface area contributed by atoms with Crippen LogP contribution in [0.25, 0.3) is 16.9 Å². The molecular weight excluding hydrogens is 858 g/mol. The van der Waals surface area contributed by atoms with E-state index >= 15 is 0 Å². The van der Waals surface area contributed by atoms with Crippen LogP contribution in [0.3, 0.4) is 0 Å². The predicted octanol–water partition coefficient (Wildman–Crippen LogP) is 9.48. The van der Waals surface area contributed by atoms with Crippen LogP contribution in [-0.2, 0) is 9.59 Å². The van der Waals surface area contributed by atoms with Gasteiger partial charge in [-0.2, -0.15) is 4.52 Å². The van der Waals surface area contributed by atoms with Crippen LogP contribution in [0.1, 0.15) is 92.1 Å². The third kappa shape index (κ3) is 21.9. The van der Waals surface area contributed by atoms with Crippen LogP contribution in [0.5, 0.6) is 0 Å². The largest absolute Gasteiger partial charge is 0.299 e. The summed E-state index contributed by atoms with van der Waals surface area (Å²) in [7, 11) is 1.78. The van der Waals surface area contributed by atoms with Gasteiger partial charge in [0.15, 0.2) is 14.1 Å². The van der Waals surface area contributed by atoms with E-state index in [0.29, 0.717) is 17.0 Å². The lowest BCUT2D eigenvalue weighted by molar-refractivity contribution is -0.445. The Kier molecular flexibility index (Phi) is 38.7. The average molecular weight is 915 g/mol. The normalized spacial score (nSPS) is 8.37. The maximum atomic E-state index is 12.4. The number of H-pyrrole nitrogens is 1. The standard InChI is InChI=1S/C13H12N4O.C12H14O2.2C2H6.2CH3NO2.3CH4.I2/c1-8-5-3-4-6-10(8)11-9(2)16-13-14-7-15-17(13)12(11)18;1-8-6-4-5-7-11(8)12(9(2)13)10(3)14;2*1-2;2*1-2(3)4;;;;1-2/h3-7H,1-2H3,(H,14,15,16);4-7,12H,1-3H3;2*1-2H3;2*1H3;3*1H4;. The topological polar surface area (TPSA) is 183 Å². The van der Waals surface area contributed by atoms with Gasteiger partial charge in [-0.25, -0.2) is 9.97 Å². The first-order valence-electron chi connectivity index (χ1n) is 14.0. The summed E-state index contributed by atoms with van der Waals surface area (Å²) >= 11 is 4.24. The van der Waals surface area contributed by atoms with Crippen LogP contribution >= 0.6 is 37.2 Å². The zero-order valence-electron chi connectivity index (χ0n) is 28.1. The lowest BCUT2D eigenvalue weighted by Crippen LogP contribution is -2.19. The first-order chi connectivity index (χ1) is 21.7.